The molecule has 0 spiro atoms. The van der Waals surface area contributed by atoms with Crippen molar-refractivity contribution in [1.82, 2.24) is 20.5 Å². The summed E-state index contributed by atoms with van der Waals surface area (Å²) in [5.74, 6) is -1.35. The monoisotopic (exact) mass is 538 g/mol. The summed E-state index contributed by atoms with van der Waals surface area (Å²) in [6, 6.07) is 19.4. The number of carbonyl (C=O) groups excluding carboxylic acids is 3. The summed E-state index contributed by atoms with van der Waals surface area (Å²) in [5.41, 5.74) is 5.12. The number of rotatable bonds is 7. The minimum atomic E-state index is -0.791. The van der Waals surface area contributed by atoms with Gasteiger partial charge in [0.05, 0.1) is 6.04 Å². The van der Waals surface area contributed by atoms with E-state index in [-0.39, 0.29) is 36.0 Å². The van der Waals surface area contributed by atoms with Gasteiger partial charge in [-0.2, -0.15) is 0 Å². The summed E-state index contributed by atoms with van der Waals surface area (Å²) >= 11 is 0. The minimum absolute atomic E-state index is 0.147. The van der Waals surface area contributed by atoms with Crippen LogP contribution in [-0.4, -0.2) is 39.7 Å². The normalized spacial score (nSPS) is 19.0. The van der Waals surface area contributed by atoms with E-state index in [0.717, 1.165) is 33.3 Å². The van der Waals surface area contributed by atoms with E-state index < -0.39 is 18.1 Å². The number of nitrogens with one attached hydrogen (secondary N) is 3. The number of carbonyl (C=O) groups is 3. The second-order valence-corrected chi connectivity index (χ2v) is 10.7. The van der Waals surface area contributed by atoms with Gasteiger partial charge in [0.1, 0.15) is 17.9 Å². The molecule has 2 aliphatic rings. The zero-order chi connectivity index (χ0) is 28.0. The predicted octanol–water partition coefficient (Wildman–Crippen LogP) is 4.62. The van der Waals surface area contributed by atoms with E-state index in [9.17, 15) is 18.8 Å². The van der Waals surface area contributed by atoms with Crippen LogP contribution in [0.15, 0.2) is 72.8 Å². The molecule has 7 nitrogen and oxygen atoms in total. The van der Waals surface area contributed by atoms with Gasteiger partial charge in [-0.25, -0.2) is 4.39 Å². The van der Waals surface area contributed by atoms with Crippen molar-refractivity contribution in [3.63, 3.8) is 0 Å². The van der Waals surface area contributed by atoms with Gasteiger partial charge in [0, 0.05) is 35.1 Å². The predicted molar refractivity (Wildman–Crippen MR) is 150 cm³/mol. The van der Waals surface area contributed by atoms with Gasteiger partial charge in [0.15, 0.2) is 0 Å². The maximum absolute atomic E-state index is 14.0. The Morgan fingerprint density at radius 2 is 1.77 bits per heavy atom. The SMILES string of the molecule is CC[C@H](C)[C@H](NC(=O)[C@@H]1Cc2c([nH]c3ccccc23)[C@@H]2c3ccccc3C(=O)N21)C(=O)NCc1ccc(F)cc1. The quantitative estimate of drug-likeness (QED) is 0.320. The summed E-state index contributed by atoms with van der Waals surface area (Å²) in [6.45, 7) is 4.10. The van der Waals surface area contributed by atoms with Crippen molar-refractivity contribution in [1.29, 1.82) is 0 Å². The first-order valence-electron chi connectivity index (χ1n) is 13.7. The van der Waals surface area contributed by atoms with E-state index >= 15 is 0 Å². The fourth-order valence-electron chi connectivity index (χ4n) is 5.99. The lowest BCUT2D eigenvalue weighted by Crippen LogP contribution is -2.58. The van der Waals surface area contributed by atoms with Crippen LogP contribution in [0.4, 0.5) is 4.39 Å². The largest absolute Gasteiger partial charge is 0.356 e. The fraction of sp³-hybridized carbons (Fsp3) is 0.281. The number of hydrogen-bond donors (Lipinski definition) is 3. The van der Waals surface area contributed by atoms with Gasteiger partial charge in [-0.15, -0.1) is 0 Å². The molecule has 1 aromatic heterocycles. The molecule has 4 aromatic rings. The average Bonchev–Trinajstić information content (AvgIpc) is 3.50. The molecule has 0 saturated carbocycles. The van der Waals surface area contributed by atoms with E-state index in [2.05, 4.69) is 15.6 Å². The summed E-state index contributed by atoms with van der Waals surface area (Å²) in [6.07, 6.45) is 1.01. The summed E-state index contributed by atoms with van der Waals surface area (Å²) < 4.78 is 13.3. The fourth-order valence-corrected chi connectivity index (χ4v) is 5.99. The smallest absolute Gasteiger partial charge is 0.255 e. The van der Waals surface area contributed by atoms with Gasteiger partial charge in [-0.3, -0.25) is 14.4 Å². The number of para-hydroxylation sites is 1. The molecule has 3 N–H and O–H groups in total. The van der Waals surface area contributed by atoms with Gasteiger partial charge >= 0.3 is 0 Å². The van der Waals surface area contributed by atoms with Crippen molar-refractivity contribution in [3.05, 3.63) is 107 Å². The molecule has 3 heterocycles. The van der Waals surface area contributed by atoms with Crippen molar-refractivity contribution < 1.29 is 18.8 Å². The third kappa shape index (κ3) is 4.33. The standard InChI is InChI=1S/C32H31FN4O3/c1-3-18(2)27(31(39)34-17-19-12-14-20(33)15-13-19)36-30(38)26-16-24-21-8-6-7-11-25(21)35-28(24)29-22-9-4-5-10-23(22)32(40)37(26)29/h4-15,18,26-27,29,35H,3,16-17H2,1-2H3,(H,34,39)(H,36,38)/t18-,26-,27-,29-/m0/s1. The second-order valence-electron chi connectivity index (χ2n) is 10.7. The van der Waals surface area contributed by atoms with Crippen LogP contribution in [-0.2, 0) is 22.6 Å². The molecule has 6 rings (SSSR count). The van der Waals surface area contributed by atoms with E-state index in [0.29, 0.717) is 18.4 Å². The first-order valence-corrected chi connectivity index (χ1v) is 13.7. The van der Waals surface area contributed by atoms with Gasteiger partial charge in [-0.1, -0.05) is 68.8 Å². The molecule has 0 fully saturated rings. The number of aromatic nitrogens is 1. The Labute approximate surface area is 231 Å². The van der Waals surface area contributed by atoms with E-state index in [1.54, 1.807) is 23.1 Å². The molecule has 8 heteroatoms. The maximum Gasteiger partial charge on any atom is 0.255 e. The van der Waals surface area contributed by atoms with Crippen molar-refractivity contribution in [2.24, 2.45) is 5.92 Å². The lowest BCUT2D eigenvalue weighted by Gasteiger charge is -2.38. The number of hydrogen-bond acceptors (Lipinski definition) is 3. The molecule has 3 amide bonds. The Bertz CT molecular complexity index is 1610. The Hall–Kier alpha value is -4.46. The van der Waals surface area contributed by atoms with Crippen LogP contribution in [0.25, 0.3) is 10.9 Å². The van der Waals surface area contributed by atoms with E-state index in [1.807, 2.05) is 56.3 Å². The topological polar surface area (TPSA) is 94.3 Å². The zero-order valence-corrected chi connectivity index (χ0v) is 22.4. The third-order valence-corrected chi connectivity index (χ3v) is 8.33. The van der Waals surface area contributed by atoms with Crippen LogP contribution in [0.1, 0.15) is 59.1 Å². The highest BCUT2D eigenvalue weighted by Gasteiger charge is 2.49. The molecule has 204 valence electrons. The molecule has 2 aliphatic heterocycles. The summed E-state index contributed by atoms with van der Waals surface area (Å²) in [5, 5.41) is 6.91. The molecule has 0 aliphatic carbocycles. The molecule has 0 saturated heterocycles. The Balaban J connectivity index is 1.31. The van der Waals surface area contributed by atoms with Crippen LogP contribution < -0.4 is 10.6 Å². The Morgan fingerprint density at radius 3 is 2.55 bits per heavy atom. The molecule has 0 bridgehead atoms. The zero-order valence-electron chi connectivity index (χ0n) is 22.4. The van der Waals surface area contributed by atoms with Gasteiger partial charge in [0.25, 0.3) is 5.91 Å². The van der Waals surface area contributed by atoms with E-state index in [1.165, 1.54) is 12.1 Å². The first-order chi connectivity index (χ1) is 19.4. The van der Waals surface area contributed by atoms with E-state index in [4.69, 9.17) is 0 Å². The van der Waals surface area contributed by atoms with Gasteiger partial charge in [-0.05, 0) is 46.9 Å². The van der Waals surface area contributed by atoms with Gasteiger partial charge in [0.2, 0.25) is 11.8 Å². The number of nitrogens with zero attached hydrogens (tertiary/aromatic N) is 1. The number of benzene rings is 3. The van der Waals surface area contributed by atoms with Crippen LogP contribution in [0.3, 0.4) is 0 Å². The van der Waals surface area contributed by atoms with Crippen molar-refractivity contribution in [2.45, 2.75) is 51.4 Å². The van der Waals surface area contributed by atoms with Gasteiger partial charge < -0.3 is 20.5 Å². The third-order valence-electron chi connectivity index (χ3n) is 8.33. The highest BCUT2D eigenvalue weighted by atomic mass is 19.1. The number of fused-ring (bicyclic) bond motifs is 7. The Morgan fingerprint density at radius 1 is 1.05 bits per heavy atom. The minimum Gasteiger partial charge on any atom is -0.356 e. The van der Waals surface area contributed by atoms with Crippen LogP contribution in [0.5, 0.6) is 0 Å². The lowest BCUT2D eigenvalue weighted by molar-refractivity contribution is -0.133. The molecule has 0 radical (unpaired) electrons. The number of amides is 3. The van der Waals surface area contributed by atoms with Crippen molar-refractivity contribution in [3.8, 4) is 0 Å². The molecular weight excluding hydrogens is 507 g/mol. The molecule has 3 aromatic carbocycles. The highest BCUT2D eigenvalue weighted by molar-refractivity contribution is 6.04. The first kappa shape index (κ1) is 25.8. The van der Waals surface area contributed by atoms with Crippen LogP contribution >= 0.6 is 0 Å². The lowest BCUT2D eigenvalue weighted by atomic mass is 9.89. The molecule has 0 unspecified atom stereocenters. The van der Waals surface area contributed by atoms with Crippen LogP contribution in [0.2, 0.25) is 0 Å². The van der Waals surface area contributed by atoms with Crippen molar-refractivity contribution in [2.75, 3.05) is 0 Å². The Kier molecular flexibility index (Phi) is 6.62. The number of H-pyrrole nitrogens is 1. The molecule has 40 heavy (non-hydrogen) atoms. The number of halogens is 1. The molecule has 4 atom stereocenters. The average molecular weight is 539 g/mol. The highest BCUT2D eigenvalue weighted by Crippen LogP contribution is 2.46. The number of aromatic amines is 1. The summed E-state index contributed by atoms with van der Waals surface area (Å²) in [7, 11) is 0. The van der Waals surface area contributed by atoms with Crippen LogP contribution in [0, 0.1) is 11.7 Å². The summed E-state index contributed by atoms with van der Waals surface area (Å²) in [4.78, 5) is 46.2. The second kappa shape index (κ2) is 10.3. The maximum atomic E-state index is 14.0. The van der Waals surface area contributed by atoms with Crippen molar-refractivity contribution >= 4 is 28.6 Å². The molecular formula is C32H31FN4O3.